The van der Waals surface area contributed by atoms with E-state index in [1.165, 1.54) is 25.4 Å². The van der Waals surface area contributed by atoms with Crippen molar-refractivity contribution in [1.82, 2.24) is 15.2 Å². The van der Waals surface area contributed by atoms with Gasteiger partial charge in [-0.25, -0.2) is 5.43 Å². The molecule has 0 aliphatic rings. The molecule has 0 saturated heterocycles. The lowest BCUT2D eigenvalue weighted by molar-refractivity contribution is -0.141. The first kappa shape index (κ1) is 15.2. The molecule has 5 nitrogen and oxygen atoms in total. The average Bonchev–Trinajstić information content (AvgIpc) is 2.95. The highest BCUT2D eigenvalue weighted by molar-refractivity contribution is 7.12. The van der Waals surface area contributed by atoms with E-state index < -0.39 is 22.9 Å². The molecule has 0 atom stereocenters. The van der Waals surface area contributed by atoms with Crippen molar-refractivity contribution < 1.29 is 22.4 Å². The van der Waals surface area contributed by atoms with Gasteiger partial charge in [0.15, 0.2) is 10.8 Å². The molecule has 2 aromatic rings. The number of halogens is 4. The van der Waals surface area contributed by atoms with E-state index in [1.807, 2.05) is 5.43 Å². The minimum atomic E-state index is -4.63. The number of nitrogens with one attached hydrogen (secondary N) is 1. The number of thiophene rings is 1. The van der Waals surface area contributed by atoms with Gasteiger partial charge in [-0.05, 0) is 12.1 Å². The van der Waals surface area contributed by atoms with E-state index in [0.29, 0.717) is 10.9 Å². The second-order valence-electron chi connectivity index (χ2n) is 3.88. The Morgan fingerprint density at radius 1 is 1.48 bits per heavy atom. The van der Waals surface area contributed by atoms with Gasteiger partial charge in [0.1, 0.15) is 5.69 Å². The summed E-state index contributed by atoms with van der Waals surface area (Å²) in [7, 11) is 1.21. The summed E-state index contributed by atoms with van der Waals surface area (Å²) in [6.45, 7) is 0. The van der Waals surface area contributed by atoms with Gasteiger partial charge in [-0.15, -0.1) is 11.3 Å². The van der Waals surface area contributed by atoms with Crippen LogP contribution in [-0.4, -0.2) is 21.9 Å². The third kappa shape index (κ3) is 3.66. The van der Waals surface area contributed by atoms with Crippen LogP contribution in [0.1, 0.15) is 21.1 Å². The maximum atomic E-state index is 12.7. The summed E-state index contributed by atoms with van der Waals surface area (Å²) in [5.74, 6) is -0.853. The van der Waals surface area contributed by atoms with Crippen molar-refractivity contribution in [3.05, 3.63) is 39.6 Å². The SMILES string of the molecule is Cn1nc(C(F)(F)F)cc1C(=O)NN=Cc1ccc(F)s1. The van der Waals surface area contributed by atoms with Gasteiger partial charge < -0.3 is 0 Å². The van der Waals surface area contributed by atoms with Crippen LogP contribution in [0.4, 0.5) is 17.6 Å². The second-order valence-corrected chi connectivity index (χ2v) is 4.94. The summed E-state index contributed by atoms with van der Waals surface area (Å²) in [4.78, 5) is 12.1. The first-order valence-corrected chi connectivity index (χ1v) is 6.29. The molecule has 21 heavy (non-hydrogen) atoms. The number of amides is 1. The van der Waals surface area contributed by atoms with Crippen LogP contribution < -0.4 is 5.43 Å². The molecular weight excluding hydrogens is 312 g/mol. The number of alkyl halides is 3. The molecule has 2 rings (SSSR count). The first-order chi connectivity index (χ1) is 9.77. The highest BCUT2D eigenvalue weighted by Crippen LogP contribution is 2.28. The molecule has 0 saturated carbocycles. The molecule has 0 fully saturated rings. The molecule has 112 valence electrons. The van der Waals surface area contributed by atoms with E-state index >= 15 is 0 Å². The van der Waals surface area contributed by atoms with Crippen molar-refractivity contribution in [2.75, 3.05) is 0 Å². The summed E-state index contributed by atoms with van der Waals surface area (Å²) in [5, 5.41) is 6.33. The first-order valence-electron chi connectivity index (χ1n) is 5.47. The van der Waals surface area contributed by atoms with E-state index in [9.17, 15) is 22.4 Å². The molecule has 0 spiro atoms. The van der Waals surface area contributed by atoms with Gasteiger partial charge >= 0.3 is 6.18 Å². The number of rotatable bonds is 3. The highest BCUT2D eigenvalue weighted by atomic mass is 32.1. The molecule has 0 bridgehead atoms. The smallest absolute Gasteiger partial charge is 0.266 e. The number of hydrogen-bond acceptors (Lipinski definition) is 4. The molecule has 0 unspecified atom stereocenters. The molecule has 0 aliphatic heterocycles. The molecule has 2 heterocycles. The van der Waals surface area contributed by atoms with Gasteiger partial charge in [0, 0.05) is 13.1 Å². The Hall–Kier alpha value is -2.23. The minimum Gasteiger partial charge on any atom is -0.266 e. The van der Waals surface area contributed by atoms with Crippen LogP contribution >= 0.6 is 11.3 Å². The van der Waals surface area contributed by atoms with Gasteiger partial charge in [0.25, 0.3) is 5.91 Å². The van der Waals surface area contributed by atoms with Gasteiger partial charge in [0.2, 0.25) is 0 Å². The second kappa shape index (κ2) is 5.64. The Morgan fingerprint density at radius 2 is 2.19 bits per heavy atom. The Labute approximate surface area is 119 Å². The van der Waals surface area contributed by atoms with Crippen LogP contribution in [0.3, 0.4) is 0 Å². The van der Waals surface area contributed by atoms with Crippen molar-refractivity contribution in [3.63, 3.8) is 0 Å². The number of nitrogens with zero attached hydrogens (tertiary/aromatic N) is 3. The molecule has 2 aromatic heterocycles. The van der Waals surface area contributed by atoms with Crippen LogP contribution in [0.2, 0.25) is 0 Å². The zero-order chi connectivity index (χ0) is 15.6. The summed E-state index contributed by atoms with van der Waals surface area (Å²) in [6.07, 6.45) is -3.44. The minimum absolute atomic E-state index is 0.295. The maximum absolute atomic E-state index is 12.7. The molecule has 10 heteroatoms. The van der Waals surface area contributed by atoms with Gasteiger partial charge in [-0.3, -0.25) is 9.48 Å². The number of carbonyl (C=O) groups excluding carboxylic acids is 1. The van der Waals surface area contributed by atoms with Crippen LogP contribution in [0.15, 0.2) is 23.3 Å². The van der Waals surface area contributed by atoms with Crippen molar-refractivity contribution >= 4 is 23.5 Å². The maximum Gasteiger partial charge on any atom is 0.435 e. The third-order valence-electron chi connectivity index (χ3n) is 2.35. The molecular formula is C11H8F4N4OS. The number of hydrazone groups is 1. The average molecular weight is 320 g/mol. The Bertz CT molecular complexity index is 689. The molecule has 0 aromatic carbocycles. The number of carbonyl (C=O) groups is 1. The summed E-state index contributed by atoms with van der Waals surface area (Å²) in [6, 6.07) is 3.29. The topological polar surface area (TPSA) is 59.3 Å². The lowest BCUT2D eigenvalue weighted by atomic mass is 10.3. The van der Waals surface area contributed by atoms with Crippen molar-refractivity contribution in [3.8, 4) is 0 Å². The quantitative estimate of drug-likeness (QED) is 0.536. The summed E-state index contributed by atoms with van der Waals surface area (Å²) >= 11 is 0.812. The third-order valence-corrected chi connectivity index (χ3v) is 3.16. The Balaban J connectivity index is 2.07. The highest BCUT2D eigenvalue weighted by Gasteiger charge is 2.35. The Morgan fingerprint density at radius 3 is 2.71 bits per heavy atom. The zero-order valence-electron chi connectivity index (χ0n) is 10.5. The molecule has 0 aliphatic carbocycles. The van der Waals surface area contributed by atoms with Crippen molar-refractivity contribution in [2.45, 2.75) is 6.18 Å². The monoisotopic (exact) mass is 320 g/mol. The standard InChI is InChI=1S/C11H8F4N4OS/c1-19-7(4-8(18-19)11(13,14)15)10(20)17-16-5-6-2-3-9(12)21-6/h2-5H,1H3,(H,17,20). The van der Waals surface area contributed by atoms with Crippen LogP contribution in [0.25, 0.3) is 0 Å². The lowest BCUT2D eigenvalue weighted by Crippen LogP contribution is -2.20. The van der Waals surface area contributed by atoms with E-state index in [0.717, 1.165) is 16.0 Å². The fraction of sp³-hybridized carbons (Fsp3) is 0.182. The fourth-order valence-corrected chi connectivity index (χ4v) is 2.03. The van der Waals surface area contributed by atoms with Gasteiger partial charge in [-0.1, -0.05) is 0 Å². The van der Waals surface area contributed by atoms with Gasteiger partial charge in [0.05, 0.1) is 11.1 Å². The van der Waals surface area contributed by atoms with E-state index in [4.69, 9.17) is 0 Å². The molecule has 1 N–H and O–H groups in total. The lowest BCUT2D eigenvalue weighted by Gasteiger charge is -1.99. The van der Waals surface area contributed by atoms with E-state index in [-0.39, 0.29) is 5.69 Å². The Kier molecular flexibility index (Phi) is 4.07. The van der Waals surface area contributed by atoms with Crippen molar-refractivity contribution in [1.29, 1.82) is 0 Å². The molecule has 1 amide bonds. The van der Waals surface area contributed by atoms with Crippen LogP contribution in [-0.2, 0) is 13.2 Å². The predicted molar refractivity (Wildman–Crippen MR) is 67.5 cm³/mol. The summed E-state index contributed by atoms with van der Waals surface area (Å²) in [5.41, 5.74) is 0.587. The number of hydrogen-bond donors (Lipinski definition) is 1. The molecule has 0 radical (unpaired) electrons. The fourth-order valence-electron chi connectivity index (χ4n) is 1.43. The summed E-state index contributed by atoms with van der Waals surface area (Å²) < 4.78 is 50.8. The van der Waals surface area contributed by atoms with Crippen molar-refractivity contribution in [2.24, 2.45) is 12.1 Å². The normalized spacial score (nSPS) is 12.0. The van der Waals surface area contributed by atoms with E-state index in [2.05, 4.69) is 10.2 Å². The number of aromatic nitrogens is 2. The largest absolute Gasteiger partial charge is 0.435 e. The predicted octanol–water partition coefficient (Wildman–Crippen LogP) is 2.40. The van der Waals surface area contributed by atoms with Gasteiger partial charge in [-0.2, -0.15) is 27.8 Å². The number of aryl methyl sites for hydroxylation is 1. The van der Waals surface area contributed by atoms with Crippen LogP contribution in [0, 0.1) is 5.13 Å². The van der Waals surface area contributed by atoms with Crippen LogP contribution in [0.5, 0.6) is 0 Å². The van der Waals surface area contributed by atoms with E-state index in [1.54, 1.807) is 0 Å². The zero-order valence-corrected chi connectivity index (χ0v) is 11.3.